The number of aromatic amines is 4. The molecule has 76 heavy (non-hydrogen) atoms. The van der Waals surface area contributed by atoms with Crippen LogP contribution in [0.5, 0.6) is 0 Å². The molecule has 14 N–H and O–H groups in total. The lowest BCUT2D eigenvalue weighted by atomic mass is 10.1. The highest BCUT2D eigenvalue weighted by Gasteiger charge is 2.51. The zero-order valence-electron chi connectivity index (χ0n) is 38.3. The molecule has 0 saturated carbocycles. The number of ether oxygens (including phenoxy) is 4. The fourth-order valence-corrected chi connectivity index (χ4v) is 10.7. The van der Waals surface area contributed by atoms with Gasteiger partial charge in [0.2, 0.25) is 0 Å². The van der Waals surface area contributed by atoms with Crippen LogP contribution in [0, 0.1) is 0 Å². The number of esters is 2. The highest BCUT2D eigenvalue weighted by Crippen LogP contribution is 2.59. The van der Waals surface area contributed by atoms with Crippen LogP contribution in [0.4, 0.5) is 11.4 Å². The number of hydrogen-bond acceptors (Lipinski definition) is 24. The van der Waals surface area contributed by atoms with Crippen molar-refractivity contribution in [2.75, 3.05) is 37.9 Å². The van der Waals surface area contributed by atoms with Crippen LogP contribution in [0.3, 0.4) is 0 Å². The van der Waals surface area contributed by atoms with E-state index in [2.05, 4.69) is 48.2 Å². The number of aromatic nitrogens is 8. The molecule has 0 spiro atoms. The summed E-state index contributed by atoms with van der Waals surface area (Å²) < 4.78 is 86.7. The molecule has 2 saturated heterocycles. The summed E-state index contributed by atoms with van der Waals surface area (Å²) in [5, 5.41) is 27.6. The number of imidazole rings is 2. The van der Waals surface area contributed by atoms with E-state index in [1.165, 1.54) is 12.1 Å². The Morgan fingerprint density at radius 2 is 1.01 bits per heavy atom. The van der Waals surface area contributed by atoms with Crippen molar-refractivity contribution < 1.29 is 104 Å². The second-order valence-electron chi connectivity index (χ2n) is 15.6. The molecule has 0 amide bonds. The van der Waals surface area contributed by atoms with Gasteiger partial charge in [0.15, 0.2) is 35.7 Å². The highest BCUT2D eigenvalue weighted by atomic mass is 31.3. The van der Waals surface area contributed by atoms with Crippen LogP contribution in [-0.4, -0.2) is 154 Å². The Morgan fingerprint density at radius 3 is 1.46 bits per heavy atom. The second kappa shape index (κ2) is 22.7. The van der Waals surface area contributed by atoms with Crippen LogP contribution in [0.15, 0.2) is 80.4 Å². The molecule has 6 aromatic rings. The van der Waals surface area contributed by atoms with Crippen LogP contribution in [0.2, 0.25) is 0 Å². The SMILES string of the molecule is CNc1ccccc1C(=O)O[C@@H]1[C@H](O)[C@@H](COP(=O)(O)OP(=O)(O)O)O[C@H]1n1cnc2c(=O)[nH]c(=O)[nH]c21.CNc1ccccc1C(=O)O[C@H]1[C@@H](O)[C@H](n2cnc3c(=O)[nH]c(=O)[nH]c32)O[C@@H]1COP(=O)(O)OP(=O)(O)O. The Bertz CT molecular complexity index is 3590. The standard InChI is InChI=1S/2C18H21N5O13P2/c1-19-9-5-3-2-4-8(9)17(26)35-13-10(6-33-38(31,32)36-37(28,29)30)34-16(12(13)24)23-7-20-11-14(23)21-18(27)22-15(11)25;1-19-9-5-3-2-4-8(9)17(26)35-13-12(24)10(6-33-38(31,32)36-37(28,29)30)34-16(13)23-7-20-11-14(23)21-18(27)22-15(11)25/h2*2-5,7,10,12-13,16,19,24H,6H2,1H3,(H,31,32)(H2,28,29,30)(H2,21,22,25,27)/t2*10-,12-,13-,16-/m11/s1. The number of anilines is 2. The minimum atomic E-state index is -5.44. The molecule has 412 valence electrons. The van der Waals surface area contributed by atoms with E-state index >= 15 is 0 Å². The second-order valence-corrected chi connectivity index (χ2v) is 21.3. The fraction of sp³-hybridized carbons (Fsp3) is 0.333. The number of carbonyl (C=O) groups is 2. The third kappa shape index (κ3) is 13.4. The summed E-state index contributed by atoms with van der Waals surface area (Å²) in [5.74, 6) is -1.85. The van der Waals surface area contributed by atoms with Crippen molar-refractivity contribution in [2.45, 2.75) is 49.1 Å². The number of benzene rings is 2. The van der Waals surface area contributed by atoms with E-state index in [1.807, 2.05) is 9.97 Å². The number of carbonyl (C=O) groups excluding carboxylic acids is 2. The van der Waals surface area contributed by atoms with E-state index in [4.69, 9.17) is 38.5 Å². The largest absolute Gasteiger partial charge is 0.481 e. The predicted octanol–water partition coefficient (Wildman–Crippen LogP) is -1.67. The molecule has 2 aromatic carbocycles. The molecule has 10 atom stereocenters. The lowest BCUT2D eigenvalue weighted by Crippen LogP contribution is -2.38. The summed E-state index contributed by atoms with van der Waals surface area (Å²) in [6, 6.07) is 12.5. The van der Waals surface area contributed by atoms with Crippen LogP contribution >= 0.6 is 31.3 Å². The molecular weight excluding hydrogens is 1110 g/mol. The number of nitrogens with zero attached hydrogens (tertiary/aromatic N) is 4. The average Bonchev–Trinajstić information content (AvgIpc) is 4.10. The average molecular weight is 1150 g/mol. The molecular formula is C36H42N10O26P4. The highest BCUT2D eigenvalue weighted by molar-refractivity contribution is 7.61. The molecule has 40 heteroatoms. The summed E-state index contributed by atoms with van der Waals surface area (Å²) in [7, 11) is -18.4. The zero-order chi connectivity index (χ0) is 55.7. The van der Waals surface area contributed by atoms with Crippen LogP contribution < -0.4 is 33.1 Å². The Balaban J connectivity index is 0.000000221. The molecule has 6 heterocycles. The number of aliphatic hydroxyl groups is 2. The lowest BCUT2D eigenvalue weighted by Gasteiger charge is -2.22. The lowest BCUT2D eigenvalue weighted by molar-refractivity contribution is -0.0558. The van der Waals surface area contributed by atoms with E-state index in [9.17, 15) is 67.0 Å². The van der Waals surface area contributed by atoms with Gasteiger partial charge in [0.05, 0.1) is 37.0 Å². The number of nitrogens with one attached hydrogen (secondary N) is 6. The molecule has 4 aromatic heterocycles. The van der Waals surface area contributed by atoms with E-state index in [1.54, 1.807) is 50.5 Å². The number of rotatable bonds is 18. The van der Waals surface area contributed by atoms with Gasteiger partial charge in [0.1, 0.15) is 35.7 Å². The Morgan fingerprint density at radius 1 is 0.605 bits per heavy atom. The molecule has 2 fully saturated rings. The molecule has 2 aliphatic rings. The zero-order valence-corrected chi connectivity index (χ0v) is 41.9. The van der Waals surface area contributed by atoms with E-state index in [0.29, 0.717) is 11.4 Å². The van der Waals surface area contributed by atoms with Crippen molar-refractivity contribution in [1.29, 1.82) is 0 Å². The molecule has 0 radical (unpaired) electrons. The van der Waals surface area contributed by atoms with Gasteiger partial charge in [0.25, 0.3) is 11.1 Å². The molecule has 0 aliphatic carbocycles. The van der Waals surface area contributed by atoms with E-state index in [-0.39, 0.29) is 33.5 Å². The molecule has 0 bridgehead atoms. The van der Waals surface area contributed by atoms with Crippen molar-refractivity contribution in [2.24, 2.45) is 0 Å². The smallest absolute Gasteiger partial charge is 0.453 e. The minimum absolute atomic E-state index is 0.0620. The van der Waals surface area contributed by atoms with Gasteiger partial charge in [-0.1, -0.05) is 24.3 Å². The Hall–Kier alpha value is -6.36. The fourth-order valence-electron chi connectivity index (χ4n) is 7.51. The summed E-state index contributed by atoms with van der Waals surface area (Å²) in [4.78, 5) is 144. The van der Waals surface area contributed by atoms with Crippen LogP contribution in [0.25, 0.3) is 22.3 Å². The topological polar surface area (TPSA) is 529 Å². The number of phosphoric acid groups is 4. The first-order valence-corrected chi connectivity index (χ1v) is 27.1. The van der Waals surface area contributed by atoms with Gasteiger partial charge in [-0.2, -0.15) is 8.62 Å². The van der Waals surface area contributed by atoms with Gasteiger partial charge in [-0.05, 0) is 24.3 Å². The van der Waals surface area contributed by atoms with Gasteiger partial charge in [0, 0.05) is 25.5 Å². The Labute approximate surface area is 420 Å². The van der Waals surface area contributed by atoms with Gasteiger partial charge in [-0.3, -0.25) is 47.7 Å². The van der Waals surface area contributed by atoms with Crippen LogP contribution in [0.1, 0.15) is 33.2 Å². The first-order chi connectivity index (χ1) is 35.6. The summed E-state index contributed by atoms with van der Waals surface area (Å²) in [5.41, 5.74) is -3.30. The Kier molecular flexibility index (Phi) is 17.1. The molecule has 2 aliphatic heterocycles. The van der Waals surface area contributed by atoms with Gasteiger partial charge >= 0.3 is 54.6 Å². The van der Waals surface area contributed by atoms with Crippen molar-refractivity contribution in [3.63, 3.8) is 0 Å². The first-order valence-electron chi connectivity index (χ1n) is 21.1. The molecule has 2 unspecified atom stereocenters. The molecule has 36 nitrogen and oxygen atoms in total. The maximum absolute atomic E-state index is 13.0. The number of fused-ring (bicyclic) bond motifs is 2. The number of hydrogen-bond donors (Lipinski definition) is 14. The van der Waals surface area contributed by atoms with E-state index in [0.717, 1.165) is 21.8 Å². The summed E-state index contributed by atoms with van der Waals surface area (Å²) in [6.07, 6.45) is -10.5. The monoisotopic (exact) mass is 1150 g/mol. The van der Waals surface area contributed by atoms with Crippen molar-refractivity contribution in [3.05, 3.63) is 114 Å². The van der Waals surface area contributed by atoms with Gasteiger partial charge in [-0.15, -0.1) is 0 Å². The van der Waals surface area contributed by atoms with Crippen molar-refractivity contribution in [3.8, 4) is 0 Å². The summed E-state index contributed by atoms with van der Waals surface area (Å²) >= 11 is 0. The number of aliphatic hydroxyl groups excluding tert-OH is 2. The van der Waals surface area contributed by atoms with Crippen molar-refractivity contribution >= 4 is 76.9 Å². The maximum atomic E-state index is 13.0. The predicted molar refractivity (Wildman–Crippen MR) is 250 cm³/mol. The summed E-state index contributed by atoms with van der Waals surface area (Å²) in [6.45, 7) is -1.92. The third-order valence-corrected chi connectivity index (χ3v) is 15.0. The van der Waals surface area contributed by atoms with Crippen LogP contribution in [-0.2, 0) is 54.9 Å². The van der Waals surface area contributed by atoms with Crippen molar-refractivity contribution in [1.82, 2.24) is 39.0 Å². The van der Waals surface area contributed by atoms with Gasteiger partial charge < -0.3 is 69.2 Å². The number of para-hydroxylation sites is 2. The van der Waals surface area contributed by atoms with E-state index < -0.39 is 128 Å². The first kappa shape index (κ1) is 57.3. The maximum Gasteiger partial charge on any atom is 0.481 e. The van der Waals surface area contributed by atoms with Gasteiger partial charge in [-0.25, -0.2) is 47.4 Å². The number of phosphoric ester groups is 2. The normalized spacial score (nSPS) is 23.3. The molecule has 8 rings (SSSR count). The number of H-pyrrole nitrogens is 4. The third-order valence-electron chi connectivity index (χ3n) is 10.6. The quantitative estimate of drug-likeness (QED) is 0.0338. The minimum Gasteiger partial charge on any atom is -0.453 e.